The second kappa shape index (κ2) is 30.5. The van der Waals surface area contributed by atoms with Gasteiger partial charge in [0.15, 0.2) is 0 Å². The molecule has 0 heterocycles. The number of rotatable bonds is 15. The molecule has 0 atom stereocenters. The zero-order valence-electron chi connectivity index (χ0n) is 22.0. The van der Waals surface area contributed by atoms with Crippen LogP contribution in [0.5, 0.6) is 0 Å². The molecule has 0 amide bonds. The molecule has 1 N–H and O–H groups in total. The van der Waals surface area contributed by atoms with E-state index in [1.807, 2.05) is 34.6 Å². The van der Waals surface area contributed by atoms with Crippen molar-refractivity contribution >= 4 is 58.6 Å². The van der Waals surface area contributed by atoms with E-state index in [9.17, 15) is 48.9 Å². The molecule has 36 heavy (non-hydrogen) atoms. The summed E-state index contributed by atoms with van der Waals surface area (Å²) in [6.07, 6.45) is 3.35. The molecular formula is C24H39AlO11. The Bertz CT molecular complexity index is 585. The molecule has 0 rings (SSSR count). The summed E-state index contributed by atoms with van der Waals surface area (Å²) in [5, 5.41) is 37.6. The van der Waals surface area contributed by atoms with Crippen molar-refractivity contribution in [2.24, 2.45) is 5.92 Å². The Balaban J connectivity index is -0.000000118. The van der Waals surface area contributed by atoms with Gasteiger partial charge in [-0.25, -0.2) is 0 Å². The van der Waals surface area contributed by atoms with Crippen molar-refractivity contribution < 1.29 is 54.0 Å². The van der Waals surface area contributed by atoms with Gasteiger partial charge in [-0.2, -0.15) is 0 Å². The quantitative estimate of drug-likeness (QED) is 0.213. The number of carboxylic acids is 4. The summed E-state index contributed by atoms with van der Waals surface area (Å²) in [4.78, 5) is 70.8. The second-order valence-corrected chi connectivity index (χ2v) is 7.37. The van der Waals surface area contributed by atoms with Gasteiger partial charge in [-0.1, -0.05) is 34.6 Å². The minimum Gasteiger partial charge on any atom is -0.550 e. The molecular weight excluding hydrogens is 491 g/mol. The van der Waals surface area contributed by atoms with E-state index >= 15 is 0 Å². The van der Waals surface area contributed by atoms with Crippen molar-refractivity contribution in [2.45, 2.75) is 105 Å². The third-order valence-electron chi connectivity index (χ3n) is 3.94. The fraction of sp³-hybridized carbons (Fsp3) is 0.708. The van der Waals surface area contributed by atoms with Crippen LogP contribution in [0.25, 0.3) is 0 Å². The van der Waals surface area contributed by atoms with Crippen LogP contribution in [0.3, 0.4) is 0 Å². The van der Waals surface area contributed by atoms with Gasteiger partial charge in [0.2, 0.25) is 0 Å². The summed E-state index contributed by atoms with van der Waals surface area (Å²) in [6.45, 7) is 9.20. The molecule has 0 aliphatic heterocycles. The largest absolute Gasteiger partial charge is 3.00 e. The van der Waals surface area contributed by atoms with E-state index in [2.05, 4.69) is 0 Å². The van der Waals surface area contributed by atoms with Crippen LogP contribution in [0.15, 0.2) is 0 Å². The van der Waals surface area contributed by atoms with Crippen LogP contribution in [0, 0.1) is 5.92 Å². The molecule has 0 radical (unpaired) electrons. The Hall–Kier alpha value is -2.58. The van der Waals surface area contributed by atoms with Gasteiger partial charge < -0.3 is 34.8 Å². The van der Waals surface area contributed by atoms with Crippen molar-refractivity contribution in [3.63, 3.8) is 0 Å². The van der Waals surface area contributed by atoms with Crippen LogP contribution in [-0.4, -0.2) is 63.7 Å². The van der Waals surface area contributed by atoms with E-state index in [-0.39, 0.29) is 47.0 Å². The molecule has 12 heteroatoms. The molecule has 0 aromatic rings. The van der Waals surface area contributed by atoms with Gasteiger partial charge in [-0.15, -0.1) is 0 Å². The van der Waals surface area contributed by atoms with E-state index in [1.165, 1.54) is 0 Å². The third-order valence-corrected chi connectivity index (χ3v) is 3.94. The maximum absolute atomic E-state index is 10.5. The SMILES string of the molecule is CCC(CC)C(=O)[O-].CCCC(=O)CC(=O)O.CCCC(=O)CC(=O)[O-].CCCC(=O)CC(=O)[O-].[Al+3]. The number of carbonyl (C=O) groups is 7. The van der Waals surface area contributed by atoms with Gasteiger partial charge in [0.25, 0.3) is 0 Å². The number of hydrogen-bond acceptors (Lipinski definition) is 10. The van der Waals surface area contributed by atoms with Gasteiger partial charge in [-0.3, -0.25) is 19.2 Å². The number of hydrogen-bond donors (Lipinski definition) is 1. The molecule has 0 spiro atoms. The summed E-state index contributed by atoms with van der Waals surface area (Å²) in [5.41, 5.74) is 0. The van der Waals surface area contributed by atoms with Crippen molar-refractivity contribution in [1.82, 2.24) is 0 Å². The zero-order chi connectivity index (χ0) is 28.4. The van der Waals surface area contributed by atoms with E-state index in [1.54, 1.807) is 0 Å². The smallest absolute Gasteiger partial charge is 0.550 e. The summed E-state index contributed by atoms with van der Waals surface area (Å²) >= 11 is 0. The first-order valence-electron chi connectivity index (χ1n) is 11.6. The fourth-order valence-electron chi connectivity index (χ4n) is 2.21. The van der Waals surface area contributed by atoms with Gasteiger partial charge in [0, 0.05) is 50.0 Å². The minimum atomic E-state index is -1.28. The normalized spacial score (nSPS) is 8.94. The molecule has 0 unspecified atom stereocenters. The topological polar surface area (TPSA) is 209 Å². The molecule has 0 aliphatic carbocycles. The van der Waals surface area contributed by atoms with Crippen LogP contribution in [0.2, 0.25) is 0 Å². The minimum absolute atomic E-state index is 0. The van der Waals surface area contributed by atoms with Gasteiger partial charge >= 0.3 is 23.3 Å². The van der Waals surface area contributed by atoms with Gasteiger partial charge in [-0.05, 0) is 38.0 Å². The van der Waals surface area contributed by atoms with Crippen molar-refractivity contribution in [3.05, 3.63) is 0 Å². The third kappa shape index (κ3) is 41.7. The molecule has 0 aromatic carbocycles. The average Bonchev–Trinajstić information content (AvgIpc) is 2.69. The summed E-state index contributed by atoms with van der Waals surface area (Å²) in [5.74, 6) is -5.46. The summed E-state index contributed by atoms with van der Waals surface area (Å²) < 4.78 is 0. The first kappa shape index (κ1) is 43.5. The molecule has 0 saturated heterocycles. The van der Waals surface area contributed by atoms with Crippen LogP contribution in [-0.2, 0) is 33.6 Å². The molecule has 0 aliphatic rings. The first-order chi connectivity index (χ1) is 16.2. The number of ketones is 3. The number of carbonyl (C=O) groups excluding carboxylic acids is 6. The summed E-state index contributed by atoms with van der Waals surface area (Å²) in [6, 6.07) is 0. The summed E-state index contributed by atoms with van der Waals surface area (Å²) in [7, 11) is 0. The number of Topliss-reactive ketones (excluding diaryl/α,β-unsaturated/α-hetero) is 3. The van der Waals surface area contributed by atoms with Crippen LogP contribution in [0.4, 0.5) is 0 Å². The maximum atomic E-state index is 10.5. The van der Waals surface area contributed by atoms with Gasteiger partial charge in [0.05, 0.1) is 0 Å². The first-order valence-corrected chi connectivity index (χ1v) is 11.6. The standard InChI is InChI=1S/3C6H10O3.C6H12O2.Al/c3*1-2-3-5(7)4-6(8)9;1-3-5(4-2)6(7)8;/h3*2-4H2,1H3,(H,8,9);5H,3-4H2,1-2H3,(H,7,8);/q;;;;+3/p-3. The Kier molecular flexibility index (Phi) is 36.8. The van der Waals surface area contributed by atoms with Crippen LogP contribution in [0.1, 0.15) is 105 Å². The molecule has 0 fully saturated rings. The van der Waals surface area contributed by atoms with E-state index in [0.29, 0.717) is 44.9 Å². The Morgan fingerprint density at radius 3 is 1.00 bits per heavy atom. The number of carboxylic acid groups (broad SMARTS) is 4. The average molecular weight is 531 g/mol. The van der Waals surface area contributed by atoms with E-state index in [0.717, 1.165) is 6.42 Å². The van der Waals surface area contributed by atoms with Crippen molar-refractivity contribution in [1.29, 1.82) is 0 Å². The second-order valence-electron chi connectivity index (χ2n) is 7.37. The predicted octanol–water partition coefficient (Wildman–Crippen LogP) is -0.387. The fourth-order valence-corrected chi connectivity index (χ4v) is 2.21. The Labute approximate surface area is 223 Å². The molecule has 0 saturated carbocycles. The molecule has 204 valence electrons. The zero-order valence-corrected chi connectivity index (χ0v) is 23.1. The number of aliphatic carboxylic acids is 4. The van der Waals surface area contributed by atoms with Crippen LogP contribution >= 0.6 is 0 Å². The Morgan fingerprint density at radius 2 is 0.861 bits per heavy atom. The van der Waals surface area contributed by atoms with E-state index in [4.69, 9.17) is 5.11 Å². The maximum Gasteiger partial charge on any atom is 3.00 e. The van der Waals surface area contributed by atoms with Crippen molar-refractivity contribution in [2.75, 3.05) is 0 Å². The predicted molar refractivity (Wildman–Crippen MR) is 126 cm³/mol. The van der Waals surface area contributed by atoms with E-state index < -0.39 is 36.7 Å². The Morgan fingerprint density at radius 1 is 0.583 bits per heavy atom. The monoisotopic (exact) mass is 530 g/mol. The van der Waals surface area contributed by atoms with Gasteiger partial charge in [0.1, 0.15) is 23.8 Å². The van der Waals surface area contributed by atoms with Crippen LogP contribution < -0.4 is 15.3 Å². The van der Waals surface area contributed by atoms with Crippen molar-refractivity contribution in [3.8, 4) is 0 Å². The molecule has 0 aromatic heterocycles. The molecule has 11 nitrogen and oxygen atoms in total. The molecule has 0 bridgehead atoms.